The van der Waals surface area contributed by atoms with Crippen LogP contribution in [0.3, 0.4) is 0 Å². The summed E-state index contributed by atoms with van der Waals surface area (Å²) >= 11 is 0. The molecule has 0 spiro atoms. The van der Waals surface area contributed by atoms with E-state index >= 15 is 0 Å². The van der Waals surface area contributed by atoms with Crippen molar-refractivity contribution in [1.82, 2.24) is 15.0 Å². The summed E-state index contributed by atoms with van der Waals surface area (Å²) in [4.78, 5) is 15.3. The molecule has 0 fully saturated rings. The van der Waals surface area contributed by atoms with E-state index in [1.54, 1.807) is 25.7 Å². The van der Waals surface area contributed by atoms with E-state index < -0.39 is 0 Å². The zero-order valence-corrected chi connectivity index (χ0v) is 17.5. The number of nitriles is 1. The number of hydrogen-bond acceptors (Lipinski definition) is 8. The van der Waals surface area contributed by atoms with Crippen LogP contribution >= 0.6 is 0 Å². The van der Waals surface area contributed by atoms with Crippen LogP contribution in [-0.4, -0.2) is 40.3 Å². The van der Waals surface area contributed by atoms with Gasteiger partial charge in [0.25, 0.3) is 0 Å². The van der Waals surface area contributed by atoms with Gasteiger partial charge in [-0.1, -0.05) is 6.07 Å². The number of nitrogens with zero attached hydrogens (tertiary/aromatic N) is 5. The molecule has 0 bridgehead atoms. The largest absolute Gasteiger partial charge is 0.481 e. The summed E-state index contributed by atoms with van der Waals surface area (Å²) in [7, 11) is 1.56. The van der Waals surface area contributed by atoms with E-state index in [-0.39, 0.29) is 12.6 Å². The maximum atomic E-state index is 9.98. The van der Waals surface area contributed by atoms with Crippen LogP contribution in [0.25, 0.3) is 0 Å². The molecule has 0 saturated heterocycles. The van der Waals surface area contributed by atoms with Crippen molar-refractivity contribution in [1.29, 1.82) is 5.26 Å². The van der Waals surface area contributed by atoms with E-state index in [1.807, 2.05) is 31.2 Å². The average Bonchev–Trinajstić information content (AvgIpc) is 2.82. The van der Waals surface area contributed by atoms with E-state index in [2.05, 4.69) is 31.2 Å². The van der Waals surface area contributed by atoms with Gasteiger partial charge in [0, 0.05) is 37.3 Å². The molecular formula is C23H24N6O2. The lowest BCUT2D eigenvalue weighted by Gasteiger charge is -2.32. The molecule has 3 aromatic rings. The SMILES string of the molecule is COc1ccc([C@@H](CO)Nc2ncnc3c2CN(c2ccc(C)cc2C#N)CC3)cn1. The maximum Gasteiger partial charge on any atom is 0.212 e. The van der Waals surface area contributed by atoms with Crippen LogP contribution in [0.15, 0.2) is 42.9 Å². The van der Waals surface area contributed by atoms with Crippen molar-refractivity contribution in [3.63, 3.8) is 0 Å². The minimum absolute atomic E-state index is 0.118. The predicted molar refractivity (Wildman–Crippen MR) is 117 cm³/mol. The second-order valence-electron chi connectivity index (χ2n) is 7.46. The fraction of sp³-hybridized carbons (Fsp3) is 0.304. The quantitative estimate of drug-likeness (QED) is 0.632. The Balaban J connectivity index is 1.62. The van der Waals surface area contributed by atoms with Gasteiger partial charge in [0.2, 0.25) is 5.88 Å². The van der Waals surface area contributed by atoms with Gasteiger partial charge in [-0.25, -0.2) is 15.0 Å². The first-order chi connectivity index (χ1) is 15.1. The normalized spacial score (nSPS) is 13.8. The van der Waals surface area contributed by atoms with E-state index in [0.29, 0.717) is 23.8 Å². The highest BCUT2D eigenvalue weighted by Crippen LogP contribution is 2.31. The molecule has 2 N–H and O–H groups in total. The molecule has 1 aliphatic rings. The van der Waals surface area contributed by atoms with Crippen molar-refractivity contribution in [2.45, 2.75) is 25.9 Å². The first-order valence-electron chi connectivity index (χ1n) is 10.1. The lowest BCUT2D eigenvalue weighted by Crippen LogP contribution is -2.33. The molecule has 4 rings (SSSR count). The van der Waals surface area contributed by atoms with E-state index in [4.69, 9.17) is 4.74 Å². The van der Waals surface area contributed by atoms with Gasteiger partial charge in [-0.2, -0.15) is 5.26 Å². The lowest BCUT2D eigenvalue weighted by molar-refractivity contribution is 0.275. The van der Waals surface area contributed by atoms with Gasteiger partial charge in [0.05, 0.1) is 36.7 Å². The summed E-state index contributed by atoms with van der Waals surface area (Å²) < 4.78 is 5.11. The zero-order chi connectivity index (χ0) is 21.8. The fourth-order valence-corrected chi connectivity index (χ4v) is 3.80. The second-order valence-corrected chi connectivity index (χ2v) is 7.46. The average molecular weight is 416 g/mol. The van der Waals surface area contributed by atoms with Crippen molar-refractivity contribution in [3.05, 3.63) is 70.8 Å². The summed E-state index contributed by atoms with van der Waals surface area (Å²) in [5.41, 5.74) is 5.40. The monoisotopic (exact) mass is 416 g/mol. The number of aliphatic hydroxyl groups excluding tert-OH is 1. The van der Waals surface area contributed by atoms with Crippen LogP contribution < -0.4 is 15.0 Å². The van der Waals surface area contributed by atoms with Gasteiger partial charge >= 0.3 is 0 Å². The minimum atomic E-state index is -0.373. The Kier molecular flexibility index (Phi) is 5.96. The maximum absolute atomic E-state index is 9.98. The molecule has 0 amide bonds. The summed E-state index contributed by atoms with van der Waals surface area (Å²) in [5.74, 6) is 1.19. The van der Waals surface area contributed by atoms with Crippen molar-refractivity contribution in [3.8, 4) is 11.9 Å². The summed E-state index contributed by atoms with van der Waals surface area (Å²) in [6.45, 7) is 3.21. The number of aryl methyl sites for hydroxylation is 1. The number of aliphatic hydroxyl groups is 1. The third-order valence-electron chi connectivity index (χ3n) is 5.48. The van der Waals surface area contributed by atoms with E-state index in [1.165, 1.54) is 0 Å². The van der Waals surface area contributed by atoms with Crippen molar-refractivity contribution in [2.75, 3.05) is 30.5 Å². The first kappa shape index (κ1) is 20.6. The van der Waals surface area contributed by atoms with E-state index in [0.717, 1.165) is 41.0 Å². The molecule has 1 aliphatic heterocycles. The molecule has 8 nitrogen and oxygen atoms in total. The summed E-state index contributed by atoms with van der Waals surface area (Å²) in [5, 5.41) is 22.9. The van der Waals surface area contributed by atoms with Gasteiger partial charge in [0.1, 0.15) is 18.2 Å². The Morgan fingerprint density at radius 2 is 2.13 bits per heavy atom. The lowest BCUT2D eigenvalue weighted by atomic mass is 10.0. The summed E-state index contributed by atoms with van der Waals surface area (Å²) in [6.07, 6.45) is 3.97. The third kappa shape index (κ3) is 4.27. The molecule has 1 atom stereocenters. The molecule has 8 heteroatoms. The topological polar surface area (TPSA) is 107 Å². The first-order valence-corrected chi connectivity index (χ1v) is 10.1. The molecule has 0 radical (unpaired) electrons. The molecule has 0 aliphatic carbocycles. The number of hydrogen-bond donors (Lipinski definition) is 2. The van der Waals surface area contributed by atoms with Gasteiger partial charge in [0.15, 0.2) is 0 Å². The Hall–Kier alpha value is -3.70. The number of benzene rings is 1. The molecule has 2 aromatic heterocycles. The van der Waals surface area contributed by atoms with Crippen molar-refractivity contribution >= 4 is 11.5 Å². The highest BCUT2D eigenvalue weighted by molar-refractivity contribution is 5.63. The van der Waals surface area contributed by atoms with Gasteiger partial charge in [-0.05, 0) is 36.2 Å². The number of ether oxygens (including phenoxy) is 1. The van der Waals surface area contributed by atoms with Crippen LogP contribution in [-0.2, 0) is 13.0 Å². The highest BCUT2D eigenvalue weighted by atomic mass is 16.5. The number of aromatic nitrogens is 3. The molecule has 0 saturated carbocycles. The van der Waals surface area contributed by atoms with Crippen LogP contribution in [0, 0.1) is 18.3 Å². The number of methoxy groups -OCH3 is 1. The van der Waals surface area contributed by atoms with Crippen molar-refractivity contribution in [2.24, 2.45) is 0 Å². The van der Waals surface area contributed by atoms with Crippen LogP contribution in [0.2, 0.25) is 0 Å². The Morgan fingerprint density at radius 3 is 2.84 bits per heavy atom. The van der Waals surface area contributed by atoms with Crippen LogP contribution in [0.1, 0.15) is 34.0 Å². The second kappa shape index (κ2) is 8.98. The molecule has 158 valence electrons. The standard InChI is InChI=1S/C23H24N6O2/c1-15-3-5-21(17(9-15)10-24)29-8-7-19-18(12-29)23(27-14-26-19)28-20(13-30)16-4-6-22(31-2)25-11-16/h3-6,9,11,14,20,30H,7-8,12-13H2,1-2H3,(H,26,27,28)/t20-/m1/s1. The van der Waals surface area contributed by atoms with Crippen LogP contribution in [0.4, 0.5) is 11.5 Å². The Labute approximate surface area is 181 Å². The smallest absolute Gasteiger partial charge is 0.212 e. The van der Waals surface area contributed by atoms with Gasteiger partial charge in [-0.3, -0.25) is 0 Å². The van der Waals surface area contributed by atoms with Crippen LogP contribution in [0.5, 0.6) is 5.88 Å². The molecule has 0 unspecified atom stereocenters. The van der Waals surface area contributed by atoms with Gasteiger partial charge < -0.3 is 20.1 Å². The number of pyridine rings is 1. The number of fused-ring (bicyclic) bond motifs is 1. The van der Waals surface area contributed by atoms with Gasteiger partial charge in [-0.15, -0.1) is 0 Å². The third-order valence-corrected chi connectivity index (χ3v) is 5.48. The molecule has 31 heavy (non-hydrogen) atoms. The number of nitrogens with one attached hydrogen (secondary N) is 1. The number of anilines is 2. The van der Waals surface area contributed by atoms with E-state index in [9.17, 15) is 10.4 Å². The predicted octanol–water partition coefficient (Wildman–Crippen LogP) is 2.77. The molecule has 1 aromatic carbocycles. The highest BCUT2D eigenvalue weighted by Gasteiger charge is 2.24. The Morgan fingerprint density at radius 1 is 1.26 bits per heavy atom. The summed E-state index contributed by atoms with van der Waals surface area (Å²) in [6, 6.07) is 11.5. The number of rotatable bonds is 6. The van der Waals surface area contributed by atoms with Crippen molar-refractivity contribution < 1.29 is 9.84 Å². The molecular weight excluding hydrogens is 392 g/mol. The Bertz CT molecular complexity index is 1110. The zero-order valence-electron chi connectivity index (χ0n) is 17.5. The minimum Gasteiger partial charge on any atom is -0.481 e. The molecule has 3 heterocycles. The fourth-order valence-electron chi connectivity index (χ4n) is 3.80.